The van der Waals surface area contributed by atoms with E-state index in [4.69, 9.17) is 25.3 Å². The summed E-state index contributed by atoms with van der Waals surface area (Å²) in [6.45, 7) is -0.628. The first-order valence-corrected chi connectivity index (χ1v) is 6.94. The van der Waals surface area contributed by atoms with Crippen LogP contribution in [0.2, 0.25) is 0 Å². The van der Waals surface area contributed by atoms with Gasteiger partial charge >= 0.3 is 15.2 Å². The van der Waals surface area contributed by atoms with Gasteiger partial charge in [-0.1, -0.05) is 0 Å². The minimum atomic E-state index is -4.87. The Morgan fingerprint density at radius 1 is 1.14 bits per heavy atom. The van der Waals surface area contributed by atoms with E-state index in [0.717, 1.165) is 0 Å². The fraction of sp³-hybridized carbons (Fsp3) is 1.00. The predicted molar refractivity (Wildman–Crippen MR) is 47.7 cm³/mol. The topological polar surface area (TPSA) is 150 Å². The molecule has 0 atom stereocenters. The summed E-state index contributed by atoms with van der Waals surface area (Å²) in [6.07, 6.45) is 0. The molecule has 10 heteroatoms. The molecule has 0 saturated heterocycles. The molecule has 0 aromatic rings. The lowest BCUT2D eigenvalue weighted by Crippen LogP contribution is -2.19. The molecule has 0 aliphatic carbocycles. The lowest BCUT2D eigenvalue weighted by Gasteiger charge is -2.19. The lowest BCUT2D eigenvalue weighted by molar-refractivity contribution is 0.141. The van der Waals surface area contributed by atoms with Gasteiger partial charge in [-0.15, -0.1) is 0 Å². The highest BCUT2D eigenvalue weighted by Gasteiger charge is 2.43. The number of rotatable bonds is 6. The third kappa shape index (κ3) is 5.19. The Morgan fingerprint density at radius 2 is 1.57 bits per heavy atom. The van der Waals surface area contributed by atoms with Gasteiger partial charge in [0, 0.05) is 6.54 Å². The summed E-state index contributed by atoms with van der Waals surface area (Å²) in [5.41, 5.74) is 5.02. The summed E-state index contributed by atoms with van der Waals surface area (Å²) < 4.78 is 25.9. The van der Waals surface area contributed by atoms with Crippen LogP contribution in [-0.4, -0.2) is 44.7 Å². The van der Waals surface area contributed by atoms with Crippen molar-refractivity contribution in [2.45, 2.75) is 5.40 Å². The van der Waals surface area contributed by atoms with Crippen molar-refractivity contribution < 1.29 is 33.4 Å². The Bertz CT molecular complexity index is 234. The van der Waals surface area contributed by atoms with E-state index >= 15 is 0 Å². The number of hydrogen-bond acceptors (Lipinski definition) is 4. The Balaban J connectivity index is 4.45. The monoisotopic (exact) mass is 249 g/mol. The highest BCUT2D eigenvalue weighted by Crippen LogP contribution is 2.59. The molecule has 6 N–H and O–H groups in total. The minimum Gasteiger partial charge on any atom is -0.378 e. The van der Waals surface area contributed by atoms with Crippen LogP contribution in [0.1, 0.15) is 0 Å². The molecular formula is C4H13NO7P2. The van der Waals surface area contributed by atoms with Crippen LogP contribution in [-0.2, 0) is 13.9 Å². The van der Waals surface area contributed by atoms with E-state index < -0.39 is 27.2 Å². The van der Waals surface area contributed by atoms with Gasteiger partial charge in [0.1, 0.15) is 0 Å². The molecule has 0 rings (SSSR count). The maximum Gasteiger partial charge on any atom is 0.343 e. The van der Waals surface area contributed by atoms with Crippen LogP contribution < -0.4 is 5.73 Å². The van der Waals surface area contributed by atoms with E-state index in [9.17, 15) is 9.13 Å². The molecular weight excluding hydrogens is 236 g/mol. The van der Waals surface area contributed by atoms with E-state index in [1.165, 1.54) is 0 Å². The Morgan fingerprint density at radius 3 is 1.86 bits per heavy atom. The third-order valence-corrected chi connectivity index (χ3v) is 4.96. The summed E-state index contributed by atoms with van der Waals surface area (Å²) in [7, 11) is -9.73. The Labute approximate surface area is 80.4 Å². The van der Waals surface area contributed by atoms with Gasteiger partial charge in [-0.3, -0.25) is 9.13 Å². The van der Waals surface area contributed by atoms with E-state index in [0.29, 0.717) is 0 Å². The average Bonchev–Trinajstić information content (AvgIpc) is 1.92. The van der Waals surface area contributed by atoms with Crippen LogP contribution in [0.3, 0.4) is 0 Å². The van der Waals surface area contributed by atoms with Crippen LogP contribution >= 0.6 is 15.2 Å². The number of ether oxygens (including phenoxy) is 1. The van der Waals surface area contributed by atoms with Gasteiger partial charge in [0.05, 0.1) is 13.2 Å². The second-order valence-corrected chi connectivity index (χ2v) is 6.53. The van der Waals surface area contributed by atoms with E-state index in [1.807, 2.05) is 0 Å². The summed E-state index contributed by atoms with van der Waals surface area (Å²) in [6, 6.07) is 0. The summed E-state index contributed by atoms with van der Waals surface area (Å²) in [5.74, 6) is 0. The SMILES string of the molecule is NCCOCC(P(=O)(O)O)P(=O)(O)O. The average molecular weight is 249 g/mol. The maximum absolute atomic E-state index is 10.7. The van der Waals surface area contributed by atoms with Gasteiger partial charge in [0.15, 0.2) is 5.40 Å². The van der Waals surface area contributed by atoms with Crippen molar-refractivity contribution in [3.8, 4) is 0 Å². The first kappa shape index (κ1) is 14.2. The predicted octanol–water partition coefficient (Wildman–Crippen LogP) is -1.36. The molecule has 0 amide bonds. The van der Waals surface area contributed by atoms with Crippen molar-refractivity contribution in [1.29, 1.82) is 0 Å². The normalized spacial score (nSPS) is 13.6. The second kappa shape index (κ2) is 5.34. The first-order valence-electron chi connectivity index (χ1n) is 3.58. The fourth-order valence-electron chi connectivity index (χ4n) is 0.662. The van der Waals surface area contributed by atoms with E-state index in [1.54, 1.807) is 0 Å². The standard InChI is InChI=1S/C4H13NO7P2/c5-1-2-12-3-4(13(6,7)8)14(9,10)11/h4H,1-3,5H2,(H2,6,7,8)(H2,9,10,11). The molecule has 0 saturated carbocycles. The molecule has 0 spiro atoms. The van der Waals surface area contributed by atoms with Crippen molar-refractivity contribution in [2.24, 2.45) is 5.73 Å². The van der Waals surface area contributed by atoms with Crippen molar-refractivity contribution in [3.05, 3.63) is 0 Å². The second-order valence-electron chi connectivity index (χ2n) is 2.52. The van der Waals surface area contributed by atoms with E-state index in [2.05, 4.69) is 4.74 Å². The zero-order valence-electron chi connectivity index (χ0n) is 7.18. The molecule has 0 aromatic carbocycles. The van der Waals surface area contributed by atoms with Crippen LogP contribution in [0.15, 0.2) is 0 Å². The molecule has 14 heavy (non-hydrogen) atoms. The van der Waals surface area contributed by atoms with Crippen LogP contribution in [0.5, 0.6) is 0 Å². The Hall–Kier alpha value is 0.220. The molecule has 0 bridgehead atoms. The Kier molecular flexibility index (Phi) is 5.43. The van der Waals surface area contributed by atoms with Crippen molar-refractivity contribution in [3.63, 3.8) is 0 Å². The largest absolute Gasteiger partial charge is 0.378 e. The molecule has 0 fully saturated rings. The molecule has 0 unspecified atom stereocenters. The zero-order chi connectivity index (χ0) is 11.4. The first-order chi connectivity index (χ1) is 6.19. The molecule has 86 valence electrons. The van der Waals surface area contributed by atoms with Crippen molar-refractivity contribution in [2.75, 3.05) is 19.8 Å². The molecule has 0 aliphatic rings. The van der Waals surface area contributed by atoms with Crippen LogP contribution in [0.25, 0.3) is 0 Å². The van der Waals surface area contributed by atoms with E-state index in [-0.39, 0.29) is 13.2 Å². The molecule has 0 aliphatic heterocycles. The quantitative estimate of drug-likeness (QED) is 0.286. The summed E-state index contributed by atoms with van der Waals surface area (Å²) in [4.78, 5) is 34.5. The van der Waals surface area contributed by atoms with Gasteiger partial charge in [0.25, 0.3) is 0 Å². The highest BCUT2D eigenvalue weighted by molar-refractivity contribution is 7.70. The summed E-state index contributed by atoms with van der Waals surface area (Å²) >= 11 is 0. The number of hydrogen-bond donors (Lipinski definition) is 5. The zero-order valence-corrected chi connectivity index (χ0v) is 8.97. The molecule has 8 nitrogen and oxygen atoms in total. The molecule has 0 aromatic heterocycles. The maximum atomic E-state index is 10.7. The minimum absolute atomic E-state index is 0.0174. The molecule has 0 heterocycles. The van der Waals surface area contributed by atoms with Gasteiger partial charge in [-0.2, -0.15) is 0 Å². The molecule has 0 radical (unpaired) electrons. The fourth-order valence-corrected chi connectivity index (χ4v) is 2.83. The third-order valence-electron chi connectivity index (χ3n) is 1.31. The smallest absolute Gasteiger partial charge is 0.343 e. The summed E-state index contributed by atoms with van der Waals surface area (Å²) in [5, 5.41) is -2.11. The van der Waals surface area contributed by atoms with Crippen LogP contribution in [0.4, 0.5) is 0 Å². The van der Waals surface area contributed by atoms with Crippen LogP contribution in [0, 0.1) is 0 Å². The van der Waals surface area contributed by atoms with Gasteiger partial charge in [-0.25, -0.2) is 0 Å². The van der Waals surface area contributed by atoms with Gasteiger partial charge < -0.3 is 30.0 Å². The number of nitrogens with two attached hydrogens (primary N) is 1. The van der Waals surface area contributed by atoms with Gasteiger partial charge in [0.2, 0.25) is 0 Å². The van der Waals surface area contributed by atoms with Crippen molar-refractivity contribution >= 4 is 15.2 Å². The highest BCUT2D eigenvalue weighted by atomic mass is 31.2. The lowest BCUT2D eigenvalue weighted by atomic mass is 10.7. The van der Waals surface area contributed by atoms with Crippen molar-refractivity contribution in [1.82, 2.24) is 0 Å². The van der Waals surface area contributed by atoms with Gasteiger partial charge in [-0.05, 0) is 0 Å².